The van der Waals surface area contributed by atoms with Crippen molar-refractivity contribution in [1.82, 2.24) is 24.8 Å². The molecule has 1 unspecified atom stereocenters. The van der Waals surface area contributed by atoms with Gasteiger partial charge in [-0.1, -0.05) is 192 Å². The van der Waals surface area contributed by atoms with Crippen LogP contribution in [-0.4, -0.2) is 88.7 Å². The first-order valence-electron chi connectivity index (χ1n) is 25.0. The number of carbonyl (C=O) groups is 2. The van der Waals surface area contributed by atoms with Gasteiger partial charge in [-0.15, -0.1) is 0 Å². The molecule has 7 rings (SSSR count). The minimum absolute atomic E-state index is 0.0959. The van der Waals surface area contributed by atoms with E-state index in [2.05, 4.69) is 65.6 Å². The molecule has 3 N–H and O–H groups in total. The number of carbonyl (C=O) groups excluding carboxylic acids is 2. The topological polar surface area (TPSA) is 133 Å². The Morgan fingerprint density at radius 3 is 1.70 bits per heavy atom. The Bertz CT molecular complexity index is 2690. The van der Waals surface area contributed by atoms with Gasteiger partial charge in [0, 0.05) is 49.4 Å². The number of amides is 2. The summed E-state index contributed by atoms with van der Waals surface area (Å²) < 4.78 is 5.06. The molecule has 0 radical (unpaired) electrons. The molecule has 0 aliphatic carbocycles. The lowest BCUT2D eigenvalue weighted by Gasteiger charge is -2.36. The standard InChI is InChI=1S/C31H38ClNO2.C28H32N6O2/c1-4-22-30(35,25-18-20-28(32)21-19-25)23-12-7-13-24-31(29(34)33(2)3,26-14-8-5-9-15-26)27-16-10-6-11-17-27;1-4-34(5-2)18-17-29-22-19-23(31-28(35)36-6-3)30-27-26(22)32-24(20-13-9-7-10-14-20)25(33-27)21-15-11-8-12-16-21/h5-6,8-11,14-21,35H,4,7,12-13,22-24H2,1-3H3;7-16,19H,4-6,17-18H2,1-3H3,(H2,29,30,31,33,35). The summed E-state index contributed by atoms with van der Waals surface area (Å²) in [5.41, 5.74) is 6.62. The summed E-state index contributed by atoms with van der Waals surface area (Å²) in [6, 6.07) is 49.6. The monoisotopic (exact) mass is 976 g/mol. The number of nitrogens with zero attached hydrogens (tertiary/aromatic N) is 5. The third-order valence-electron chi connectivity index (χ3n) is 12.9. The van der Waals surface area contributed by atoms with Crippen molar-refractivity contribution in [3.05, 3.63) is 173 Å². The number of likely N-dealkylation sites (N-methyl/N-ethyl adjacent to an activating group) is 2. The molecule has 1 atom stereocenters. The van der Waals surface area contributed by atoms with E-state index in [0.29, 0.717) is 47.8 Å². The van der Waals surface area contributed by atoms with Gasteiger partial charge < -0.3 is 25.0 Å². The van der Waals surface area contributed by atoms with E-state index in [1.54, 1.807) is 17.9 Å². The molecule has 0 spiro atoms. The Labute approximate surface area is 425 Å². The number of unbranched alkanes of at least 4 members (excludes halogenated alkanes) is 2. The van der Waals surface area contributed by atoms with Crippen LogP contribution in [0.5, 0.6) is 0 Å². The zero-order valence-corrected chi connectivity index (χ0v) is 43.0. The van der Waals surface area contributed by atoms with Gasteiger partial charge in [0.05, 0.1) is 34.7 Å². The number of pyridine rings is 1. The van der Waals surface area contributed by atoms with Crippen molar-refractivity contribution < 1.29 is 19.4 Å². The Morgan fingerprint density at radius 1 is 0.648 bits per heavy atom. The summed E-state index contributed by atoms with van der Waals surface area (Å²) in [6.07, 6.45) is 5.16. The van der Waals surface area contributed by atoms with E-state index in [9.17, 15) is 14.7 Å². The highest BCUT2D eigenvalue weighted by Gasteiger charge is 2.42. The zero-order chi connectivity index (χ0) is 50.6. The number of hydrogen-bond acceptors (Lipinski definition) is 9. The molecule has 2 amide bonds. The second-order valence-electron chi connectivity index (χ2n) is 17.9. The van der Waals surface area contributed by atoms with Gasteiger partial charge in [0.1, 0.15) is 11.3 Å². The number of ether oxygens (including phenoxy) is 1. The van der Waals surface area contributed by atoms with Gasteiger partial charge in [-0.25, -0.2) is 19.7 Å². The minimum atomic E-state index is -0.852. The largest absolute Gasteiger partial charge is 0.450 e. The van der Waals surface area contributed by atoms with Crippen LogP contribution in [-0.2, 0) is 20.5 Å². The number of nitrogens with one attached hydrogen (secondary N) is 2. The van der Waals surface area contributed by atoms with Gasteiger partial charge in [0.15, 0.2) is 5.65 Å². The number of hydrogen-bond donors (Lipinski definition) is 3. The average Bonchev–Trinajstić information content (AvgIpc) is 3.39. The van der Waals surface area contributed by atoms with E-state index in [1.165, 1.54) is 0 Å². The van der Waals surface area contributed by atoms with Crippen LogP contribution in [0.4, 0.5) is 16.3 Å². The number of benzene rings is 5. The highest BCUT2D eigenvalue weighted by molar-refractivity contribution is 6.30. The number of anilines is 2. The van der Waals surface area contributed by atoms with Crippen LogP contribution in [0.15, 0.2) is 152 Å². The molecule has 0 fully saturated rings. The van der Waals surface area contributed by atoms with Crippen LogP contribution in [0.1, 0.15) is 89.3 Å². The normalized spacial score (nSPS) is 12.1. The van der Waals surface area contributed by atoms with Crippen molar-refractivity contribution in [2.75, 3.05) is 57.5 Å². The average molecular weight is 977 g/mol. The molecular weight excluding hydrogens is 906 g/mol. The fourth-order valence-electron chi connectivity index (χ4n) is 9.20. The molecular formula is C59H70ClN7O4. The van der Waals surface area contributed by atoms with Crippen molar-refractivity contribution in [2.45, 2.75) is 83.7 Å². The van der Waals surface area contributed by atoms with Crippen LogP contribution in [0.3, 0.4) is 0 Å². The molecule has 0 saturated carbocycles. The van der Waals surface area contributed by atoms with Crippen molar-refractivity contribution >= 4 is 46.3 Å². The van der Waals surface area contributed by atoms with E-state index in [-0.39, 0.29) is 12.5 Å². The summed E-state index contributed by atoms with van der Waals surface area (Å²) in [5, 5.41) is 18.3. The molecule has 0 aliphatic rings. The second kappa shape index (κ2) is 26.5. The third-order valence-corrected chi connectivity index (χ3v) is 13.1. The van der Waals surface area contributed by atoms with Crippen LogP contribution >= 0.6 is 11.6 Å². The minimum Gasteiger partial charge on any atom is -0.450 e. The molecule has 11 nitrogen and oxygen atoms in total. The molecule has 0 saturated heterocycles. The molecule has 71 heavy (non-hydrogen) atoms. The lowest BCUT2D eigenvalue weighted by atomic mass is 9.69. The van der Waals surface area contributed by atoms with Gasteiger partial charge in [0.25, 0.3) is 0 Å². The summed E-state index contributed by atoms with van der Waals surface area (Å²) in [6.45, 7) is 12.0. The Morgan fingerprint density at radius 2 is 1.18 bits per heavy atom. The van der Waals surface area contributed by atoms with E-state index in [4.69, 9.17) is 26.3 Å². The van der Waals surface area contributed by atoms with Gasteiger partial charge in [-0.05, 0) is 68.1 Å². The first kappa shape index (κ1) is 53.7. The number of fused-ring (bicyclic) bond motifs is 1. The number of aromatic nitrogens is 3. The maximum Gasteiger partial charge on any atom is 0.412 e. The van der Waals surface area contributed by atoms with Crippen LogP contribution in [0, 0.1) is 0 Å². The van der Waals surface area contributed by atoms with E-state index in [1.807, 2.05) is 135 Å². The number of rotatable bonds is 22. The molecule has 5 aromatic carbocycles. The smallest absolute Gasteiger partial charge is 0.412 e. The number of halogens is 1. The van der Waals surface area contributed by atoms with Crippen molar-refractivity contribution in [1.29, 1.82) is 0 Å². The molecule has 2 aromatic heterocycles. The zero-order valence-electron chi connectivity index (χ0n) is 42.2. The summed E-state index contributed by atoms with van der Waals surface area (Å²) >= 11 is 6.06. The highest BCUT2D eigenvalue weighted by atomic mass is 35.5. The van der Waals surface area contributed by atoms with Crippen LogP contribution < -0.4 is 10.6 Å². The highest BCUT2D eigenvalue weighted by Crippen LogP contribution is 2.40. The fraction of sp³-hybridized carbons (Fsp3) is 0.339. The maximum absolute atomic E-state index is 13.8. The van der Waals surface area contributed by atoms with E-state index in [0.717, 1.165) is 90.2 Å². The lowest BCUT2D eigenvalue weighted by molar-refractivity contribution is -0.133. The molecule has 372 valence electrons. The fourth-order valence-corrected chi connectivity index (χ4v) is 9.32. The van der Waals surface area contributed by atoms with E-state index < -0.39 is 17.1 Å². The maximum atomic E-state index is 13.8. The number of aliphatic hydroxyl groups is 1. The van der Waals surface area contributed by atoms with Gasteiger partial charge >= 0.3 is 6.09 Å². The van der Waals surface area contributed by atoms with Crippen molar-refractivity contribution in [3.8, 4) is 22.5 Å². The first-order chi connectivity index (χ1) is 34.5. The van der Waals surface area contributed by atoms with Gasteiger partial charge in [0.2, 0.25) is 5.91 Å². The van der Waals surface area contributed by atoms with Crippen LogP contribution in [0.25, 0.3) is 33.7 Å². The molecule has 12 heteroatoms. The summed E-state index contributed by atoms with van der Waals surface area (Å²) in [4.78, 5) is 44.6. The molecule has 2 heterocycles. The van der Waals surface area contributed by atoms with Crippen molar-refractivity contribution in [2.24, 2.45) is 0 Å². The SMILES string of the molecule is CCCC(O)(CCCCCC(C(=O)N(C)C)(c1ccccc1)c1ccccc1)c1ccc(Cl)cc1.CCOC(=O)Nc1cc(NCCN(CC)CC)c2nc(-c3ccccc3)c(-c3ccccc3)nc2n1. The molecule has 0 aliphatic heterocycles. The van der Waals surface area contributed by atoms with E-state index >= 15 is 0 Å². The second-order valence-corrected chi connectivity index (χ2v) is 18.3. The predicted molar refractivity (Wildman–Crippen MR) is 291 cm³/mol. The van der Waals surface area contributed by atoms with Crippen LogP contribution in [0.2, 0.25) is 5.02 Å². The quantitative estimate of drug-likeness (QED) is 0.0568. The lowest BCUT2D eigenvalue weighted by Crippen LogP contribution is -2.44. The Hall–Kier alpha value is -6.66. The third kappa shape index (κ3) is 14.0. The predicted octanol–water partition coefficient (Wildman–Crippen LogP) is 13.0. The Balaban J connectivity index is 0.000000233. The summed E-state index contributed by atoms with van der Waals surface area (Å²) in [5.74, 6) is 0.450. The molecule has 7 aromatic rings. The molecule has 0 bridgehead atoms. The van der Waals surface area contributed by atoms with Gasteiger partial charge in [-0.3, -0.25) is 10.1 Å². The Kier molecular flexibility index (Phi) is 20.1. The van der Waals surface area contributed by atoms with Crippen molar-refractivity contribution in [3.63, 3.8) is 0 Å². The first-order valence-corrected chi connectivity index (χ1v) is 25.4. The van der Waals surface area contributed by atoms with Gasteiger partial charge in [-0.2, -0.15) is 0 Å². The summed E-state index contributed by atoms with van der Waals surface area (Å²) in [7, 11) is 3.67.